The summed E-state index contributed by atoms with van der Waals surface area (Å²) < 4.78 is 42.0. The molecule has 0 saturated heterocycles. The van der Waals surface area contributed by atoms with Crippen LogP contribution in [0.25, 0.3) is 0 Å². The number of benzene rings is 1. The molecule has 0 fully saturated rings. The average molecular weight is 281 g/mol. The summed E-state index contributed by atoms with van der Waals surface area (Å²) in [4.78, 5) is 21.9. The van der Waals surface area contributed by atoms with Crippen LogP contribution in [0.4, 0.5) is 13.2 Å². The smallest absolute Gasteiger partial charge is 0.417 e. The molecule has 0 aliphatic rings. The van der Waals surface area contributed by atoms with Gasteiger partial charge in [-0.2, -0.15) is 13.2 Å². The highest BCUT2D eigenvalue weighted by molar-refractivity contribution is 6.31. The lowest BCUT2D eigenvalue weighted by Crippen LogP contribution is -2.14. The van der Waals surface area contributed by atoms with E-state index in [1.54, 1.807) is 0 Å². The van der Waals surface area contributed by atoms with Crippen molar-refractivity contribution in [2.24, 2.45) is 0 Å². The molecule has 0 aliphatic carbocycles. The van der Waals surface area contributed by atoms with Crippen molar-refractivity contribution in [3.63, 3.8) is 0 Å². The third kappa shape index (κ3) is 3.73. The van der Waals surface area contributed by atoms with Crippen LogP contribution in [0, 0.1) is 0 Å². The lowest BCUT2D eigenvalue weighted by molar-refractivity contribution is -0.140. The summed E-state index contributed by atoms with van der Waals surface area (Å²) >= 11 is 5.40. The Hall–Kier alpha value is -1.56. The van der Waals surface area contributed by atoms with E-state index in [2.05, 4.69) is 4.74 Å². The predicted octanol–water partition coefficient (Wildman–Crippen LogP) is 3.10. The number of alkyl halides is 3. The monoisotopic (exact) mass is 280 g/mol. The second-order valence-corrected chi connectivity index (χ2v) is 3.80. The van der Waals surface area contributed by atoms with E-state index < -0.39 is 35.1 Å². The van der Waals surface area contributed by atoms with Crippen LogP contribution in [-0.2, 0) is 15.7 Å². The minimum absolute atomic E-state index is 0.215. The van der Waals surface area contributed by atoms with Gasteiger partial charge in [0.15, 0.2) is 12.4 Å². The summed E-state index contributed by atoms with van der Waals surface area (Å²) in [6.45, 7) is 0.491. The summed E-state index contributed by atoms with van der Waals surface area (Å²) in [5.41, 5.74) is -1.31. The minimum Gasteiger partial charge on any atom is -0.457 e. The molecule has 0 aliphatic heterocycles. The lowest BCUT2D eigenvalue weighted by atomic mass is 10.1. The fraction of sp³-hybridized carbons (Fsp3) is 0.273. The fourth-order valence-corrected chi connectivity index (χ4v) is 1.39. The van der Waals surface area contributed by atoms with E-state index in [1.807, 2.05) is 0 Å². The number of ketones is 1. The molecule has 0 radical (unpaired) electrons. The number of Topliss-reactive ketones (excluding diaryl/α,β-unsaturated/α-hetero) is 1. The Kier molecular flexibility index (Phi) is 4.34. The van der Waals surface area contributed by atoms with Crippen LogP contribution in [-0.4, -0.2) is 18.4 Å². The van der Waals surface area contributed by atoms with Crippen LogP contribution < -0.4 is 0 Å². The van der Waals surface area contributed by atoms with E-state index in [1.165, 1.54) is 0 Å². The van der Waals surface area contributed by atoms with Gasteiger partial charge >= 0.3 is 12.1 Å². The number of esters is 1. The maximum atomic E-state index is 12.5. The van der Waals surface area contributed by atoms with E-state index in [-0.39, 0.29) is 5.56 Å². The molecule has 0 spiro atoms. The van der Waals surface area contributed by atoms with Crippen molar-refractivity contribution in [2.75, 3.05) is 6.61 Å². The molecule has 0 N–H and O–H groups in total. The van der Waals surface area contributed by atoms with E-state index in [0.29, 0.717) is 6.07 Å². The molecule has 0 heterocycles. The molecule has 18 heavy (non-hydrogen) atoms. The van der Waals surface area contributed by atoms with E-state index >= 15 is 0 Å². The van der Waals surface area contributed by atoms with Gasteiger partial charge in [-0.1, -0.05) is 11.6 Å². The van der Waals surface area contributed by atoms with Crippen LogP contribution in [0.15, 0.2) is 18.2 Å². The van der Waals surface area contributed by atoms with E-state index in [0.717, 1.165) is 19.1 Å². The first-order valence-electron chi connectivity index (χ1n) is 4.75. The SMILES string of the molecule is CC(=O)OCC(=O)c1ccc(Cl)c(C(F)(F)F)c1. The van der Waals surface area contributed by atoms with Crippen LogP contribution in [0.5, 0.6) is 0 Å². The van der Waals surface area contributed by atoms with Crippen molar-refractivity contribution in [1.29, 1.82) is 0 Å². The Balaban J connectivity index is 2.98. The standard InChI is InChI=1S/C11H8ClF3O3/c1-6(16)18-5-10(17)7-2-3-9(12)8(4-7)11(13,14)15/h2-4H,5H2,1H3. The van der Waals surface area contributed by atoms with Gasteiger partial charge in [0.05, 0.1) is 10.6 Å². The van der Waals surface area contributed by atoms with Crippen molar-refractivity contribution >= 4 is 23.4 Å². The van der Waals surface area contributed by atoms with Gasteiger partial charge in [0, 0.05) is 12.5 Å². The molecular formula is C11H8ClF3O3. The van der Waals surface area contributed by atoms with Crippen molar-refractivity contribution in [1.82, 2.24) is 0 Å². The zero-order chi connectivity index (χ0) is 13.9. The predicted molar refractivity (Wildman–Crippen MR) is 57.4 cm³/mol. The summed E-state index contributed by atoms with van der Waals surface area (Å²) in [6.07, 6.45) is -4.64. The number of ether oxygens (including phenoxy) is 1. The molecular weight excluding hydrogens is 273 g/mol. The van der Waals surface area contributed by atoms with Crippen molar-refractivity contribution in [3.8, 4) is 0 Å². The highest BCUT2D eigenvalue weighted by Gasteiger charge is 2.33. The van der Waals surface area contributed by atoms with Gasteiger partial charge in [-0.3, -0.25) is 9.59 Å². The Bertz CT molecular complexity index is 483. The van der Waals surface area contributed by atoms with E-state index in [9.17, 15) is 22.8 Å². The second kappa shape index (κ2) is 5.39. The number of carbonyl (C=O) groups is 2. The van der Waals surface area contributed by atoms with Crippen LogP contribution in [0.2, 0.25) is 5.02 Å². The molecule has 0 bridgehead atoms. The third-order valence-corrected chi connectivity index (χ3v) is 2.33. The first kappa shape index (κ1) is 14.5. The topological polar surface area (TPSA) is 43.4 Å². The average Bonchev–Trinajstić information content (AvgIpc) is 2.24. The summed E-state index contributed by atoms with van der Waals surface area (Å²) in [7, 11) is 0. The largest absolute Gasteiger partial charge is 0.457 e. The van der Waals surface area contributed by atoms with Gasteiger partial charge in [-0.15, -0.1) is 0 Å². The maximum Gasteiger partial charge on any atom is 0.417 e. The normalized spacial score (nSPS) is 11.2. The zero-order valence-corrected chi connectivity index (χ0v) is 9.93. The number of halogens is 4. The maximum absolute atomic E-state index is 12.5. The molecule has 1 aromatic rings. The molecule has 1 aromatic carbocycles. The molecule has 0 amide bonds. The molecule has 1 rings (SSSR count). The summed E-state index contributed by atoms with van der Waals surface area (Å²) in [5.74, 6) is -1.42. The molecule has 0 atom stereocenters. The van der Waals surface area contributed by atoms with Gasteiger partial charge in [-0.05, 0) is 18.2 Å². The van der Waals surface area contributed by atoms with Crippen LogP contribution in [0.3, 0.4) is 0 Å². The van der Waals surface area contributed by atoms with Gasteiger partial charge < -0.3 is 4.74 Å². The van der Waals surface area contributed by atoms with Crippen LogP contribution >= 0.6 is 11.6 Å². The van der Waals surface area contributed by atoms with Crippen molar-refractivity contribution in [2.45, 2.75) is 13.1 Å². The molecule has 3 nitrogen and oxygen atoms in total. The number of hydrogen-bond acceptors (Lipinski definition) is 3. The van der Waals surface area contributed by atoms with Gasteiger partial charge in [0.2, 0.25) is 0 Å². The minimum atomic E-state index is -4.64. The fourth-order valence-electron chi connectivity index (χ4n) is 1.17. The number of hydrogen-bond donors (Lipinski definition) is 0. The Labute approximate surface area is 105 Å². The highest BCUT2D eigenvalue weighted by atomic mass is 35.5. The van der Waals surface area contributed by atoms with Gasteiger partial charge in [0.1, 0.15) is 0 Å². The highest BCUT2D eigenvalue weighted by Crippen LogP contribution is 2.35. The quantitative estimate of drug-likeness (QED) is 0.631. The van der Waals surface area contributed by atoms with Gasteiger partial charge in [-0.25, -0.2) is 0 Å². The first-order valence-corrected chi connectivity index (χ1v) is 5.13. The summed E-state index contributed by atoms with van der Waals surface area (Å²) in [6, 6.07) is 2.75. The Morgan fingerprint density at radius 1 is 1.33 bits per heavy atom. The molecule has 0 unspecified atom stereocenters. The lowest BCUT2D eigenvalue weighted by Gasteiger charge is -2.10. The molecule has 0 aromatic heterocycles. The first-order chi connectivity index (χ1) is 8.21. The number of carbonyl (C=O) groups excluding carboxylic acids is 2. The Morgan fingerprint density at radius 2 is 1.94 bits per heavy atom. The molecule has 98 valence electrons. The number of rotatable bonds is 3. The van der Waals surface area contributed by atoms with Crippen molar-refractivity contribution in [3.05, 3.63) is 34.3 Å². The van der Waals surface area contributed by atoms with Gasteiger partial charge in [0.25, 0.3) is 0 Å². The van der Waals surface area contributed by atoms with Crippen molar-refractivity contribution < 1.29 is 27.5 Å². The third-order valence-electron chi connectivity index (χ3n) is 2.00. The molecule has 0 saturated carbocycles. The van der Waals surface area contributed by atoms with Crippen LogP contribution in [0.1, 0.15) is 22.8 Å². The summed E-state index contributed by atoms with van der Waals surface area (Å²) in [5, 5.41) is -0.494. The zero-order valence-electron chi connectivity index (χ0n) is 9.18. The molecule has 7 heteroatoms. The van der Waals surface area contributed by atoms with E-state index in [4.69, 9.17) is 11.6 Å². The Morgan fingerprint density at radius 3 is 2.44 bits per heavy atom. The second-order valence-electron chi connectivity index (χ2n) is 3.40.